The lowest BCUT2D eigenvalue weighted by molar-refractivity contribution is 0.133. The molecule has 4 rings (SSSR count). The van der Waals surface area contributed by atoms with E-state index < -0.39 is 0 Å². The lowest BCUT2D eigenvalue weighted by Crippen LogP contribution is -2.24. The van der Waals surface area contributed by atoms with Gasteiger partial charge in [0.2, 0.25) is 5.89 Å². The molecule has 0 spiro atoms. The largest absolute Gasteiger partial charge is 0.407 e. The average Bonchev–Trinajstić information content (AvgIpc) is 2.84. The highest BCUT2D eigenvalue weighted by Gasteiger charge is 2.43. The molecule has 3 atom stereocenters. The van der Waals surface area contributed by atoms with Crippen molar-refractivity contribution in [3.63, 3.8) is 0 Å². The molecule has 6 heteroatoms. The molecular weight excluding hydrogens is 244 g/mol. The van der Waals surface area contributed by atoms with Gasteiger partial charge in [-0.1, -0.05) is 5.10 Å². The van der Waals surface area contributed by atoms with E-state index >= 15 is 0 Å². The van der Waals surface area contributed by atoms with Gasteiger partial charge in [0.1, 0.15) is 0 Å². The highest BCUT2D eigenvalue weighted by Crippen LogP contribution is 2.39. The van der Waals surface area contributed by atoms with Gasteiger partial charge >= 0.3 is 6.01 Å². The van der Waals surface area contributed by atoms with E-state index in [9.17, 15) is 5.11 Å². The van der Waals surface area contributed by atoms with E-state index in [0.29, 0.717) is 36.3 Å². The number of nitrogens with zero attached hydrogens (tertiary/aromatic N) is 3. The molecule has 1 saturated heterocycles. The molecule has 3 fully saturated rings. The molecule has 0 amide bonds. The average molecular weight is 264 g/mol. The molecule has 3 aliphatic rings. The minimum Gasteiger partial charge on any atom is -0.407 e. The zero-order valence-electron chi connectivity index (χ0n) is 11.0. The van der Waals surface area contributed by atoms with Crippen molar-refractivity contribution >= 4 is 6.01 Å². The van der Waals surface area contributed by atoms with Gasteiger partial charge in [0.05, 0.1) is 12.6 Å². The Hall–Kier alpha value is -1.14. The van der Waals surface area contributed by atoms with Crippen LogP contribution in [0.1, 0.15) is 31.6 Å². The summed E-state index contributed by atoms with van der Waals surface area (Å²) in [5.74, 6) is 1.65. The summed E-state index contributed by atoms with van der Waals surface area (Å²) in [5, 5.41) is 21.5. The summed E-state index contributed by atoms with van der Waals surface area (Å²) in [5.41, 5.74) is 0. The first-order chi connectivity index (χ1) is 9.29. The normalized spacial score (nSPS) is 33.9. The molecular formula is C13H20N4O2. The maximum atomic E-state index is 9.92. The summed E-state index contributed by atoms with van der Waals surface area (Å²) in [6, 6.07) is 1.27. The second kappa shape index (κ2) is 4.45. The zero-order valence-corrected chi connectivity index (χ0v) is 11.0. The molecule has 3 unspecified atom stereocenters. The Morgan fingerprint density at radius 1 is 1.21 bits per heavy atom. The summed E-state index contributed by atoms with van der Waals surface area (Å²) in [6.07, 6.45) is 4.44. The summed E-state index contributed by atoms with van der Waals surface area (Å²) in [6.45, 7) is 2.46. The summed E-state index contributed by atoms with van der Waals surface area (Å²) in [7, 11) is 0. The SMILES string of the molecule is OC1CCC2CN(c3nnc(CNC4CC4)o3)CC12. The molecule has 1 aliphatic heterocycles. The van der Waals surface area contributed by atoms with Crippen molar-refractivity contribution in [3.8, 4) is 0 Å². The third kappa shape index (κ3) is 2.23. The number of anilines is 1. The van der Waals surface area contributed by atoms with E-state index in [-0.39, 0.29) is 6.10 Å². The fraction of sp³-hybridized carbons (Fsp3) is 0.846. The molecule has 2 aliphatic carbocycles. The molecule has 2 saturated carbocycles. The minimum absolute atomic E-state index is 0.145. The molecule has 1 aromatic rings. The molecule has 19 heavy (non-hydrogen) atoms. The molecule has 0 aromatic carbocycles. The number of nitrogens with one attached hydrogen (secondary N) is 1. The van der Waals surface area contributed by atoms with E-state index in [4.69, 9.17) is 4.42 Å². The van der Waals surface area contributed by atoms with Crippen LogP contribution in [0.5, 0.6) is 0 Å². The molecule has 6 nitrogen and oxygen atoms in total. The zero-order chi connectivity index (χ0) is 12.8. The van der Waals surface area contributed by atoms with Gasteiger partial charge in [-0.25, -0.2) is 0 Å². The maximum absolute atomic E-state index is 9.92. The number of rotatable bonds is 4. The first kappa shape index (κ1) is 11.7. The first-order valence-electron chi connectivity index (χ1n) is 7.28. The Balaban J connectivity index is 1.39. The van der Waals surface area contributed by atoms with Crippen LogP contribution in [-0.4, -0.2) is 40.5 Å². The van der Waals surface area contributed by atoms with Crippen LogP contribution in [0.15, 0.2) is 4.42 Å². The van der Waals surface area contributed by atoms with E-state index in [1.165, 1.54) is 12.8 Å². The second-order valence-corrected chi connectivity index (χ2v) is 6.11. The molecule has 1 aromatic heterocycles. The second-order valence-electron chi connectivity index (χ2n) is 6.11. The van der Waals surface area contributed by atoms with Crippen molar-refractivity contribution in [2.75, 3.05) is 18.0 Å². The van der Waals surface area contributed by atoms with Crippen molar-refractivity contribution in [2.45, 2.75) is 44.4 Å². The van der Waals surface area contributed by atoms with Gasteiger partial charge in [0.25, 0.3) is 0 Å². The third-order valence-electron chi connectivity index (χ3n) is 4.67. The molecule has 104 valence electrons. The summed E-state index contributed by atoms with van der Waals surface area (Å²) < 4.78 is 5.71. The van der Waals surface area contributed by atoms with Crippen LogP contribution in [0.4, 0.5) is 6.01 Å². The smallest absolute Gasteiger partial charge is 0.318 e. The van der Waals surface area contributed by atoms with Crippen molar-refractivity contribution in [1.82, 2.24) is 15.5 Å². The van der Waals surface area contributed by atoms with Gasteiger partial charge in [-0.3, -0.25) is 0 Å². The van der Waals surface area contributed by atoms with Gasteiger partial charge in [0.15, 0.2) is 0 Å². The molecule has 2 N–H and O–H groups in total. The van der Waals surface area contributed by atoms with E-state index in [2.05, 4.69) is 20.4 Å². The fourth-order valence-corrected chi connectivity index (χ4v) is 3.36. The third-order valence-corrected chi connectivity index (χ3v) is 4.67. The van der Waals surface area contributed by atoms with Crippen LogP contribution in [0.2, 0.25) is 0 Å². The van der Waals surface area contributed by atoms with Crippen molar-refractivity contribution in [2.24, 2.45) is 11.8 Å². The summed E-state index contributed by atoms with van der Waals surface area (Å²) >= 11 is 0. The van der Waals surface area contributed by atoms with Crippen molar-refractivity contribution in [3.05, 3.63) is 5.89 Å². The topological polar surface area (TPSA) is 74.4 Å². The van der Waals surface area contributed by atoms with Gasteiger partial charge < -0.3 is 19.7 Å². The standard InChI is InChI=1S/C13H20N4O2/c18-11-4-1-8-6-17(7-10(8)11)13-16-15-12(19-13)5-14-9-2-3-9/h8-11,14,18H,1-7H2. The Kier molecular flexibility index (Phi) is 2.73. The Bertz CT molecular complexity index is 459. The lowest BCUT2D eigenvalue weighted by atomic mass is 10.00. The predicted octanol–water partition coefficient (Wildman–Crippen LogP) is 0.529. The number of hydrogen-bond acceptors (Lipinski definition) is 6. The Labute approximate surface area is 112 Å². The molecule has 0 bridgehead atoms. The van der Waals surface area contributed by atoms with E-state index in [1.807, 2.05) is 0 Å². The number of hydrogen-bond donors (Lipinski definition) is 2. The fourth-order valence-electron chi connectivity index (χ4n) is 3.36. The number of aromatic nitrogens is 2. The number of fused-ring (bicyclic) bond motifs is 1. The van der Waals surface area contributed by atoms with Crippen LogP contribution >= 0.6 is 0 Å². The monoisotopic (exact) mass is 264 g/mol. The van der Waals surface area contributed by atoms with Crippen LogP contribution in [-0.2, 0) is 6.54 Å². The maximum Gasteiger partial charge on any atom is 0.318 e. The Morgan fingerprint density at radius 3 is 2.89 bits per heavy atom. The quantitative estimate of drug-likeness (QED) is 0.826. The predicted molar refractivity (Wildman–Crippen MR) is 68.6 cm³/mol. The van der Waals surface area contributed by atoms with E-state index in [0.717, 1.165) is 25.9 Å². The van der Waals surface area contributed by atoms with E-state index in [1.54, 1.807) is 0 Å². The van der Waals surface area contributed by atoms with Crippen LogP contribution < -0.4 is 10.2 Å². The van der Waals surface area contributed by atoms with Gasteiger partial charge in [0, 0.05) is 25.0 Å². The minimum atomic E-state index is -0.145. The molecule has 2 heterocycles. The van der Waals surface area contributed by atoms with Crippen LogP contribution in [0.25, 0.3) is 0 Å². The van der Waals surface area contributed by atoms with Gasteiger partial charge in [-0.15, -0.1) is 5.10 Å². The van der Waals surface area contributed by atoms with Crippen molar-refractivity contribution < 1.29 is 9.52 Å². The lowest BCUT2D eigenvalue weighted by Gasteiger charge is -2.15. The van der Waals surface area contributed by atoms with Crippen LogP contribution in [0.3, 0.4) is 0 Å². The number of aliphatic hydroxyl groups is 1. The highest BCUT2D eigenvalue weighted by atomic mass is 16.4. The molecule has 0 radical (unpaired) electrons. The van der Waals surface area contributed by atoms with Gasteiger partial charge in [-0.05, 0) is 31.6 Å². The first-order valence-corrected chi connectivity index (χ1v) is 7.28. The number of aliphatic hydroxyl groups excluding tert-OH is 1. The summed E-state index contributed by atoms with van der Waals surface area (Å²) in [4.78, 5) is 2.13. The highest BCUT2D eigenvalue weighted by molar-refractivity contribution is 5.28. The van der Waals surface area contributed by atoms with Gasteiger partial charge in [-0.2, -0.15) is 0 Å². The van der Waals surface area contributed by atoms with Crippen LogP contribution in [0, 0.1) is 11.8 Å². The van der Waals surface area contributed by atoms with Crippen molar-refractivity contribution in [1.29, 1.82) is 0 Å². The Morgan fingerprint density at radius 2 is 2.11 bits per heavy atom.